The van der Waals surface area contributed by atoms with Crippen LogP contribution in [-0.2, 0) is 14.3 Å². The highest BCUT2D eigenvalue weighted by Crippen LogP contribution is 2.21. The number of carbonyl (C=O) groups excluding carboxylic acids is 2. The van der Waals surface area contributed by atoms with Gasteiger partial charge in [-0.2, -0.15) is 0 Å². The fourth-order valence-corrected chi connectivity index (χ4v) is 13.5. The molecule has 6 nitrogen and oxygen atoms in total. The first kappa shape index (κ1) is 87.6. The van der Waals surface area contributed by atoms with E-state index >= 15 is 0 Å². The molecule has 0 aliphatic rings. The summed E-state index contributed by atoms with van der Waals surface area (Å²) in [5.74, 6) is -0.00432. The number of unbranched alkanes of at least 4 members (excludes halogenated alkanes) is 66. The van der Waals surface area contributed by atoms with E-state index in [0.29, 0.717) is 25.9 Å². The summed E-state index contributed by atoms with van der Waals surface area (Å²) in [5.41, 5.74) is 0. The predicted octanol–water partition coefficient (Wildman–Crippen LogP) is 27.4. The lowest BCUT2D eigenvalue weighted by molar-refractivity contribution is -0.143. The van der Waals surface area contributed by atoms with Gasteiger partial charge in [-0.15, -0.1) is 0 Å². The minimum atomic E-state index is -0.663. The third-order valence-electron chi connectivity index (χ3n) is 19.8. The third-order valence-corrected chi connectivity index (χ3v) is 19.8. The van der Waals surface area contributed by atoms with Gasteiger partial charge in [-0.25, -0.2) is 0 Å². The Hall–Kier alpha value is -1.40. The normalized spacial score (nSPS) is 12.4. The topological polar surface area (TPSA) is 95.9 Å². The molecule has 89 heavy (non-hydrogen) atoms. The molecule has 2 atom stereocenters. The predicted molar refractivity (Wildman–Crippen MR) is 394 cm³/mol. The summed E-state index contributed by atoms with van der Waals surface area (Å²) in [6.45, 7) is 5.01. The molecule has 0 aliphatic carbocycles. The fourth-order valence-electron chi connectivity index (χ4n) is 13.5. The highest BCUT2D eigenvalue weighted by Gasteiger charge is 2.20. The summed E-state index contributed by atoms with van der Waals surface area (Å²) in [5, 5.41) is 23.5. The van der Waals surface area contributed by atoms with Crippen LogP contribution in [0.4, 0.5) is 0 Å². The van der Waals surface area contributed by atoms with E-state index in [1.54, 1.807) is 0 Å². The van der Waals surface area contributed by atoms with Crippen LogP contribution in [0.25, 0.3) is 0 Å². The van der Waals surface area contributed by atoms with Gasteiger partial charge in [0.05, 0.1) is 25.4 Å². The van der Waals surface area contributed by atoms with Gasteiger partial charge in [0.1, 0.15) is 0 Å². The molecule has 0 aromatic rings. The van der Waals surface area contributed by atoms with Crippen molar-refractivity contribution in [3.63, 3.8) is 0 Å². The second kappa shape index (κ2) is 79.0. The third kappa shape index (κ3) is 75.5. The van der Waals surface area contributed by atoms with Crippen molar-refractivity contribution < 1.29 is 24.5 Å². The number of nitrogens with one attached hydrogen (secondary N) is 1. The number of amides is 1. The number of carbonyl (C=O) groups is 2. The average Bonchev–Trinajstić information content (AvgIpc) is 3.56. The highest BCUT2D eigenvalue weighted by molar-refractivity contribution is 5.76. The molecule has 0 aliphatic heterocycles. The lowest BCUT2D eigenvalue weighted by Gasteiger charge is -2.22. The van der Waals surface area contributed by atoms with Crippen LogP contribution in [0.1, 0.15) is 483 Å². The van der Waals surface area contributed by atoms with Crippen molar-refractivity contribution in [3.05, 3.63) is 12.2 Å². The highest BCUT2D eigenvalue weighted by atomic mass is 16.5. The van der Waals surface area contributed by atoms with E-state index in [1.165, 1.54) is 411 Å². The average molecular weight is 1260 g/mol. The molecular formula is C83H163NO5. The van der Waals surface area contributed by atoms with Crippen LogP contribution in [0, 0.1) is 0 Å². The van der Waals surface area contributed by atoms with Crippen molar-refractivity contribution in [2.75, 3.05) is 13.2 Å². The number of rotatable bonds is 79. The van der Waals surface area contributed by atoms with E-state index in [1.807, 2.05) is 0 Å². The Morgan fingerprint density at radius 2 is 0.528 bits per heavy atom. The molecule has 0 spiro atoms. The number of hydrogen-bond acceptors (Lipinski definition) is 5. The van der Waals surface area contributed by atoms with E-state index in [9.17, 15) is 19.8 Å². The van der Waals surface area contributed by atoms with Crippen LogP contribution in [-0.4, -0.2) is 47.4 Å². The maximum Gasteiger partial charge on any atom is 0.305 e. The fraction of sp³-hybridized carbons (Fsp3) is 0.952. The van der Waals surface area contributed by atoms with Gasteiger partial charge in [-0.05, 0) is 51.4 Å². The van der Waals surface area contributed by atoms with Crippen molar-refractivity contribution in [3.8, 4) is 0 Å². The summed E-state index contributed by atoms with van der Waals surface area (Å²) in [6, 6.07) is -0.540. The van der Waals surface area contributed by atoms with Gasteiger partial charge >= 0.3 is 5.97 Å². The van der Waals surface area contributed by atoms with Gasteiger partial charge in [0, 0.05) is 12.8 Å². The van der Waals surface area contributed by atoms with Gasteiger partial charge in [0.15, 0.2) is 0 Å². The molecule has 0 heterocycles. The molecule has 0 rings (SSSR count). The number of ether oxygens (including phenoxy) is 1. The number of aliphatic hydroxyl groups excluding tert-OH is 2. The monoisotopic (exact) mass is 1250 g/mol. The summed E-state index contributed by atoms with van der Waals surface area (Å²) >= 11 is 0. The Balaban J connectivity index is 3.33. The zero-order chi connectivity index (χ0) is 64.2. The molecule has 0 saturated carbocycles. The SMILES string of the molecule is CCCCCCCC/C=C\CCCCCCCCCCCC(=O)OCCCCCCCCCCCCCCCCCCCCCCCCCCCCCCCC(=O)NC(CO)C(O)CCCCCCCCCCCCCCCCCCCCCCCCCC. The molecule has 0 aromatic carbocycles. The quantitative estimate of drug-likeness (QED) is 0.0320. The molecule has 2 unspecified atom stereocenters. The Morgan fingerprint density at radius 3 is 0.798 bits per heavy atom. The van der Waals surface area contributed by atoms with Crippen molar-refractivity contribution >= 4 is 11.9 Å². The first-order valence-corrected chi connectivity index (χ1v) is 41.4. The van der Waals surface area contributed by atoms with Gasteiger partial charge in [0.25, 0.3) is 0 Å². The van der Waals surface area contributed by atoms with E-state index in [2.05, 4.69) is 31.3 Å². The Morgan fingerprint density at radius 1 is 0.303 bits per heavy atom. The summed E-state index contributed by atoms with van der Waals surface area (Å²) in [7, 11) is 0. The lowest BCUT2D eigenvalue weighted by atomic mass is 10.0. The van der Waals surface area contributed by atoms with Gasteiger partial charge in [-0.1, -0.05) is 431 Å². The summed E-state index contributed by atoms with van der Waals surface area (Å²) in [4.78, 5) is 24.7. The van der Waals surface area contributed by atoms with Crippen LogP contribution in [0.2, 0.25) is 0 Å². The summed E-state index contributed by atoms with van der Waals surface area (Å²) in [6.07, 6.45) is 100. The molecule has 3 N–H and O–H groups in total. The maximum absolute atomic E-state index is 12.6. The number of esters is 1. The molecule has 0 saturated heterocycles. The zero-order valence-corrected chi connectivity index (χ0v) is 61.0. The minimum Gasteiger partial charge on any atom is -0.466 e. The van der Waals surface area contributed by atoms with E-state index in [-0.39, 0.29) is 18.5 Å². The molecular weight excluding hydrogens is 1090 g/mol. The maximum atomic E-state index is 12.6. The first-order valence-electron chi connectivity index (χ1n) is 41.4. The number of hydrogen-bond donors (Lipinski definition) is 3. The van der Waals surface area contributed by atoms with Crippen LogP contribution in [0.5, 0.6) is 0 Å². The van der Waals surface area contributed by atoms with E-state index < -0.39 is 12.1 Å². The molecule has 0 radical (unpaired) electrons. The van der Waals surface area contributed by atoms with Crippen LogP contribution in [0.15, 0.2) is 12.2 Å². The van der Waals surface area contributed by atoms with Crippen molar-refractivity contribution in [1.29, 1.82) is 0 Å². The lowest BCUT2D eigenvalue weighted by Crippen LogP contribution is -2.45. The van der Waals surface area contributed by atoms with Crippen molar-refractivity contribution in [2.24, 2.45) is 0 Å². The molecule has 0 bridgehead atoms. The standard InChI is InChI=1S/C83H163NO5/c1-3-5-7-9-11-13-15-17-19-21-23-24-25-33-36-40-43-47-51-55-59-63-67-71-75-81(86)80(79-85)84-82(87)76-72-68-64-60-56-52-48-44-41-37-34-31-29-27-26-28-30-32-35-38-42-46-50-54-58-62-66-70-74-78-89-83(88)77-73-69-65-61-57-53-49-45-39-22-20-18-16-14-12-10-8-6-4-2/h18,20,80-81,85-86H,3-17,19,21-79H2,1-2H3,(H,84,87)/b20-18-. The second-order valence-corrected chi connectivity index (χ2v) is 28.8. The zero-order valence-electron chi connectivity index (χ0n) is 61.0. The van der Waals surface area contributed by atoms with Crippen molar-refractivity contribution in [2.45, 2.75) is 495 Å². The van der Waals surface area contributed by atoms with Crippen LogP contribution < -0.4 is 5.32 Å². The molecule has 6 heteroatoms. The smallest absolute Gasteiger partial charge is 0.305 e. The minimum absolute atomic E-state index is 0.0207. The van der Waals surface area contributed by atoms with Crippen LogP contribution in [0.3, 0.4) is 0 Å². The number of aliphatic hydroxyl groups is 2. The Labute approximate surface area is 559 Å². The van der Waals surface area contributed by atoms with Gasteiger partial charge < -0.3 is 20.3 Å². The second-order valence-electron chi connectivity index (χ2n) is 28.8. The molecule has 0 aromatic heterocycles. The van der Waals surface area contributed by atoms with E-state index in [0.717, 1.165) is 38.5 Å². The van der Waals surface area contributed by atoms with Gasteiger partial charge in [0.2, 0.25) is 5.91 Å². The Bertz CT molecular complexity index is 1350. The van der Waals surface area contributed by atoms with E-state index in [4.69, 9.17) is 4.74 Å². The molecule has 0 fully saturated rings. The summed E-state index contributed by atoms with van der Waals surface area (Å²) < 4.78 is 5.52. The van der Waals surface area contributed by atoms with Gasteiger partial charge in [-0.3, -0.25) is 9.59 Å². The number of allylic oxidation sites excluding steroid dienone is 2. The Kier molecular flexibility index (Phi) is 77.8. The van der Waals surface area contributed by atoms with Crippen molar-refractivity contribution in [1.82, 2.24) is 5.32 Å². The molecule has 1 amide bonds. The van der Waals surface area contributed by atoms with Crippen LogP contribution >= 0.6 is 0 Å². The first-order chi connectivity index (χ1) is 44.0. The largest absolute Gasteiger partial charge is 0.466 e. The molecule has 530 valence electrons.